The SMILES string of the molecule is Cc1ccc(CN2Cc3c(C(=O)N4CCOCC4)nn(C)c3C2)o1. The summed E-state index contributed by atoms with van der Waals surface area (Å²) in [4.78, 5) is 16.9. The second-order valence-corrected chi connectivity index (χ2v) is 6.46. The van der Waals surface area contributed by atoms with Crippen molar-refractivity contribution < 1.29 is 13.9 Å². The number of nitrogens with zero attached hydrogens (tertiary/aromatic N) is 4. The molecule has 0 N–H and O–H groups in total. The van der Waals surface area contributed by atoms with E-state index in [9.17, 15) is 4.79 Å². The molecule has 4 rings (SSSR count). The molecule has 128 valence electrons. The minimum Gasteiger partial charge on any atom is -0.465 e. The third-order valence-electron chi connectivity index (χ3n) is 4.71. The number of ether oxygens (including phenoxy) is 1. The summed E-state index contributed by atoms with van der Waals surface area (Å²) < 4.78 is 12.8. The Bertz CT molecular complexity index is 758. The smallest absolute Gasteiger partial charge is 0.274 e. The summed E-state index contributed by atoms with van der Waals surface area (Å²) in [5.41, 5.74) is 2.76. The second kappa shape index (κ2) is 6.07. The summed E-state index contributed by atoms with van der Waals surface area (Å²) >= 11 is 0. The molecular weight excluding hydrogens is 308 g/mol. The number of aryl methyl sites for hydroxylation is 2. The summed E-state index contributed by atoms with van der Waals surface area (Å²) in [6.07, 6.45) is 0. The average molecular weight is 330 g/mol. The van der Waals surface area contributed by atoms with Crippen LogP contribution < -0.4 is 0 Å². The van der Waals surface area contributed by atoms with Crippen LogP contribution in [0.3, 0.4) is 0 Å². The number of fused-ring (bicyclic) bond motifs is 1. The van der Waals surface area contributed by atoms with Crippen LogP contribution in [0.1, 0.15) is 33.3 Å². The number of rotatable bonds is 3. The van der Waals surface area contributed by atoms with Crippen LogP contribution in [-0.2, 0) is 31.4 Å². The van der Waals surface area contributed by atoms with Gasteiger partial charge in [0, 0.05) is 38.8 Å². The third-order valence-corrected chi connectivity index (χ3v) is 4.71. The van der Waals surface area contributed by atoms with Gasteiger partial charge in [-0.05, 0) is 19.1 Å². The third kappa shape index (κ3) is 2.74. The average Bonchev–Trinajstić information content (AvgIpc) is 3.26. The van der Waals surface area contributed by atoms with Crippen LogP contribution in [0, 0.1) is 6.92 Å². The molecule has 7 nitrogen and oxygen atoms in total. The molecule has 0 radical (unpaired) electrons. The molecule has 0 aromatic carbocycles. The predicted octanol–water partition coefficient (Wildman–Crippen LogP) is 1.31. The van der Waals surface area contributed by atoms with Gasteiger partial charge < -0.3 is 14.1 Å². The highest BCUT2D eigenvalue weighted by Gasteiger charge is 2.32. The lowest BCUT2D eigenvalue weighted by Crippen LogP contribution is -2.41. The number of aromatic nitrogens is 2. The summed E-state index contributed by atoms with van der Waals surface area (Å²) in [5.74, 6) is 1.90. The van der Waals surface area contributed by atoms with Crippen molar-refractivity contribution in [2.24, 2.45) is 7.05 Å². The molecule has 0 bridgehead atoms. The lowest BCUT2D eigenvalue weighted by atomic mass is 10.2. The van der Waals surface area contributed by atoms with Crippen molar-refractivity contribution in [3.63, 3.8) is 0 Å². The van der Waals surface area contributed by atoms with Gasteiger partial charge in [-0.25, -0.2) is 0 Å². The van der Waals surface area contributed by atoms with Crippen molar-refractivity contribution in [2.45, 2.75) is 26.6 Å². The molecule has 2 aromatic rings. The molecule has 0 saturated carbocycles. The fourth-order valence-electron chi connectivity index (χ4n) is 3.45. The van der Waals surface area contributed by atoms with Gasteiger partial charge in [-0.2, -0.15) is 5.10 Å². The first-order valence-corrected chi connectivity index (χ1v) is 8.31. The van der Waals surface area contributed by atoms with E-state index in [1.165, 1.54) is 0 Å². The molecule has 4 heterocycles. The fourth-order valence-corrected chi connectivity index (χ4v) is 3.45. The molecule has 7 heteroatoms. The molecule has 0 spiro atoms. The molecule has 0 unspecified atom stereocenters. The molecule has 2 aliphatic rings. The van der Waals surface area contributed by atoms with Crippen LogP contribution in [0.4, 0.5) is 0 Å². The maximum absolute atomic E-state index is 12.8. The van der Waals surface area contributed by atoms with Crippen molar-refractivity contribution in [2.75, 3.05) is 26.3 Å². The highest BCUT2D eigenvalue weighted by molar-refractivity contribution is 5.94. The maximum Gasteiger partial charge on any atom is 0.274 e. The Labute approximate surface area is 140 Å². The Morgan fingerprint density at radius 2 is 2.04 bits per heavy atom. The molecule has 2 aromatic heterocycles. The summed E-state index contributed by atoms with van der Waals surface area (Å²) in [6.45, 7) is 6.69. The number of carbonyl (C=O) groups is 1. The van der Waals surface area contributed by atoms with Crippen LogP contribution in [0.15, 0.2) is 16.5 Å². The number of hydrogen-bond acceptors (Lipinski definition) is 5. The van der Waals surface area contributed by atoms with Crippen molar-refractivity contribution in [1.29, 1.82) is 0 Å². The number of amides is 1. The van der Waals surface area contributed by atoms with Crippen LogP contribution in [0.5, 0.6) is 0 Å². The van der Waals surface area contributed by atoms with Gasteiger partial charge in [0.25, 0.3) is 5.91 Å². The number of furan rings is 1. The van der Waals surface area contributed by atoms with Crippen molar-refractivity contribution in [3.05, 3.63) is 40.6 Å². The highest BCUT2D eigenvalue weighted by atomic mass is 16.5. The standard InChI is InChI=1S/C17H22N4O3/c1-12-3-4-13(24-12)9-20-10-14-15(11-20)19(2)18-16(14)17(22)21-5-7-23-8-6-21/h3-4H,5-11H2,1-2H3. The quantitative estimate of drug-likeness (QED) is 0.849. The van der Waals surface area contributed by atoms with Crippen molar-refractivity contribution in [3.8, 4) is 0 Å². The van der Waals surface area contributed by atoms with E-state index in [0.29, 0.717) is 32.0 Å². The minimum absolute atomic E-state index is 0.0193. The largest absolute Gasteiger partial charge is 0.465 e. The molecule has 1 amide bonds. The second-order valence-electron chi connectivity index (χ2n) is 6.46. The van der Waals surface area contributed by atoms with E-state index in [0.717, 1.165) is 42.4 Å². The first-order chi connectivity index (χ1) is 11.6. The van der Waals surface area contributed by atoms with Crippen LogP contribution in [0.25, 0.3) is 0 Å². The fraction of sp³-hybridized carbons (Fsp3) is 0.529. The van der Waals surface area contributed by atoms with E-state index in [4.69, 9.17) is 9.15 Å². The van der Waals surface area contributed by atoms with E-state index in [-0.39, 0.29) is 5.91 Å². The van der Waals surface area contributed by atoms with Gasteiger partial charge in [0.1, 0.15) is 11.5 Å². The molecule has 1 saturated heterocycles. The summed E-state index contributed by atoms with van der Waals surface area (Å²) in [7, 11) is 1.91. The van der Waals surface area contributed by atoms with E-state index in [1.807, 2.05) is 35.7 Å². The zero-order valence-corrected chi connectivity index (χ0v) is 14.1. The Hall–Kier alpha value is -2.12. The van der Waals surface area contributed by atoms with Crippen molar-refractivity contribution in [1.82, 2.24) is 19.6 Å². The minimum atomic E-state index is 0.0193. The monoisotopic (exact) mass is 330 g/mol. The van der Waals surface area contributed by atoms with Gasteiger partial charge in [0.2, 0.25) is 0 Å². The van der Waals surface area contributed by atoms with Gasteiger partial charge in [0.05, 0.1) is 25.5 Å². The summed E-state index contributed by atoms with van der Waals surface area (Å²) in [5, 5.41) is 4.49. The first-order valence-electron chi connectivity index (χ1n) is 8.31. The van der Waals surface area contributed by atoms with Gasteiger partial charge in [-0.3, -0.25) is 14.4 Å². The van der Waals surface area contributed by atoms with Crippen LogP contribution in [0.2, 0.25) is 0 Å². The summed E-state index contributed by atoms with van der Waals surface area (Å²) in [6, 6.07) is 3.99. The number of hydrogen-bond donors (Lipinski definition) is 0. The number of morpholine rings is 1. The van der Waals surface area contributed by atoms with E-state index >= 15 is 0 Å². The zero-order chi connectivity index (χ0) is 16.7. The van der Waals surface area contributed by atoms with Gasteiger partial charge >= 0.3 is 0 Å². The highest BCUT2D eigenvalue weighted by Crippen LogP contribution is 2.28. The first kappa shape index (κ1) is 15.4. The zero-order valence-electron chi connectivity index (χ0n) is 14.1. The Morgan fingerprint density at radius 3 is 2.75 bits per heavy atom. The molecule has 2 aliphatic heterocycles. The van der Waals surface area contributed by atoms with E-state index < -0.39 is 0 Å². The van der Waals surface area contributed by atoms with Crippen LogP contribution >= 0.6 is 0 Å². The molecule has 0 atom stereocenters. The number of carbonyl (C=O) groups excluding carboxylic acids is 1. The lowest BCUT2D eigenvalue weighted by molar-refractivity contribution is 0.0297. The lowest BCUT2D eigenvalue weighted by Gasteiger charge is -2.26. The van der Waals surface area contributed by atoms with E-state index in [2.05, 4.69) is 10.00 Å². The van der Waals surface area contributed by atoms with E-state index in [1.54, 1.807) is 0 Å². The van der Waals surface area contributed by atoms with Gasteiger partial charge in [-0.15, -0.1) is 0 Å². The molecule has 24 heavy (non-hydrogen) atoms. The predicted molar refractivity (Wildman–Crippen MR) is 86.3 cm³/mol. The Morgan fingerprint density at radius 1 is 1.25 bits per heavy atom. The Balaban J connectivity index is 1.52. The van der Waals surface area contributed by atoms with Crippen LogP contribution in [-0.4, -0.2) is 51.8 Å². The maximum atomic E-state index is 12.8. The Kier molecular flexibility index (Phi) is 3.90. The topological polar surface area (TPSA) is 63.7 Å². The molecular formula is C17H22N4O3. The molecule has 0 aliphatic carbocycles. The normalized spacial score (nSPS) is 18.2. The van der Waals surface area contributed by atoms with Gasteiger partial charge in [0.15, 0.2) is 5.69 Å². The van der Waals surface area contributed by atoms with Gasteiger partial charge in [-0.1, -0.05) is 0 Å². The molecule has 1 fully saturated rings. The van der Waals surface area contributed by atoms with Crippen molar-refractivity contribution >= 4 is 5.91 Å².